The highest BCUT2D eigenvalue weighted by molar-refractivity contribution is 7.49. The number of hydrogen-bond donors (Lipinski definition) is 4. The number of nitrogens with one attached hydrogen (secondary N) is 1. The summed E-state index contributed by atoms with van der Waals surface area (Å²) in [4.78, 5) is 29.3. The van der Waals surface area contributed by atoms with Crippen molar-refractivity contribution in [2.45, 2.75) is 0 Å². The predicted octanol–water partition coefficient (Wildman–Crippen LogP) is -0.609. The summed E-state index contributed by atoms with van der Waals surface area (Å²) in [5.74, 6) is 0. The van der Waals surface area contributed by atoms with Crippen LogP contribution < -0.4 is 5.50 Å². The van der Waals surface area contributed by atoms with Crippen molar-refractivity contribution >= 4 is 18.9 Å². The molecule has 2 aromatic heterocycles. The molecule has 0 aliphatic carbocycles. The summed E-state index contributed by atoms with van der Waals surface area (Å²) in [6, 6.07) is 0. The Hall–Kier alpha value is -1.34. The zero-order valence-electron chi connectivity index (χ0n) is 6.90. The molecule has 2 aromatic rings. The van der Waals surface area contributed by atoms with Gasteiger partial charge >= 0.3 is 7.75 Å². The van der Waals surface area contributed by atoms with Crippen LogP contribution in [0.1, 0.15) is 0 Å². The Morgan fingerprint density at radius 2 is 2.07 bits per heavy atom. The number of nitrogens with zero attached hydrogens (tertiary/aromatic N) is 3. The van der Waals surface area contributed by atoms with Crippen molar-refractivity contribution < 1.29 is 14.4 Å². The Morgan fingerprint density at radius 1 is 1.43 bits per heavy atom. The summed E-state index contributed by atoms with van der Waals surface area (Å²) in [5.41, 5.74) is 5.61. The van der Waals surface area contributed by atoms with Crippen LogP contribution in [0.4, 0.5) is 0 Å². The Labute approximate surface area is 78.4 Å². The van der Waals surface area contributed by atoms with E-state index in [1.54, 1.807) is 12.5 Å². The molecule has 2 rings (SSSR count). The Balaban J connectivity index is 0.000000171. The van der Waals surface area contributed by atoms with Gasteiger partial charge in [0.1, 0.15) is 11.8 Å². The number of rotatable bonds is 0. The third kappa shape index (κ3) is 4.06. The molecule has 0 unspecified atom stereocenters. The lowest BCUT2D eigenvalue weighted by molar-refractivity contribution is 0.374. The van der Waals surface area contributed by atoms with Gasteiger partial charge in [0.2, 0.25) is 0 Å². The third-order valence-corrected chi connectivity index (χ3v) is 1.10. The lowest BCUT2D eigenvalue weighted by Crippen LogP contribution is -1.87. The van der Waals surface area contributed by atoms with Gasteiger partial charge in [-0.05, 0) is 0 Å². The van der Waals surface area contributed by atoms with E-state index in [0.717, 1.165) is 5.52 Å². The summed E-state index contributed by atoms with van der Waals surface area (Å²) >= 11 is 0. The molecule has 0 amide bonds. The minimum absolute atomic E-state index is 0.713. The molecule has 0 saturated heterocycles. The van der Waals surface area contributed by atoms with Crippen LogP contribution in [0.15, 0.2) is 18.9 Å². The molecule has 14 heavy (non-hydrogen) atoms. The molecule has 0 saturated carbocycles. The number of imidazole rings is 1. The summed E-state index contributed by atoms with van der Waals surface area (Å²) < 4.78 is 9.10. The average Bonchev–Trinajstić information content (AvgIpc) is 2.47. The van der Waals surface area contributed by atoms with Crippen molar-refractivity contribution in [2.75, 3.05) is 0 Å². The van der Waals surface area contributed by atoms with Crippen molar-refractivity contribution in [3.63, 3.8) is 0 Å². The molecule has 0 atom stereocenters. The first-order valence-electron chi connectivity index (χ1n) is 3.40. The quantitative estimate of drug-likeness (QED) is 0.431. The lowest BCUT2D eigenvalue weighted by atomic mass is 10.6. The summed E-state index contributed by atoms with van der Waals surface area (Å²) in [7, 11) is -4.14. The van der Waals surface area contributed by atoms with E-state index in [-0.39, 0.29) is 0 Å². The monoisotopic (exact) mass is 217 g/mol. The van der Waals surface area contributed by atoms with Crippen molar-refractivity contribution in [1.82, 2.24) is 19.9 Å². The van der Waals surface area contributed by atoms with E-state index in [2.05, 4.69) is 25.4 Å². The van der Waals surface area contributed by atoms with Gasteiger partial charge < -0.3 is 14.8 Å². The van der Waals surface area contributed by atoms with Gasteiger partial charge in [-0.3, -0.25) is 0 Å². The summed E-state index contributed by atoms with van der Waals surface area (Å²) in [5, 5.41) is 0. The second kappa shape index (κ2) is 4.25. The number of aromatic amines is 1. The Kier molecular flexibility index (Phi) is 3.26. The highest BCUT2D eigenvalue weighted by Crippen LogP contribution is 2.20. The largest absolute Gasteiger partial charge is 0.397 e. The molecule has 0 aliphatic rings. The minimum atomic E-state index is -4.14. The van der Waals surface area contributed by atoms with Crippen LogP contribution in [0.2, 0.25) is 0 Å². The first kappa shape index (κ1) is 10.7. The third-order valence-electron chi connectivity index (χ3n) is 1.10. The molecule has 0 radical (unpaired) electrons. The fourth-order valence-corrected chi connectivity index (χ4v) is 0.691. The van der Waals surface area contributed by atoms with E-state index in [4.69, 9.17) is 14.4 Å². The van der Waals surface area contributed by atoms with E-state index >= 15 is 0 Å². The standard InChI is InChI=1S/C5H4N4.H4NO3P/c1-4-5(8-2-6-1)9-3-7-4;1-5(2,3)4/h1-3H,(H,6,7,8,9);(H4,1,2,3,4). The van der Waals surface area contributed by atoms with Crippen LogP contribution >= 0.6 is 7.75 Å². The van der Waals surface area contributed by atoms with E-state index in [1.807, 2.05) is 0 Å². The molecule has 0 bridgehead atoms. The maximum Gasteiger partial charge on any atom is 0.397 e. The smallest absolute Gasteiger partial charge is 0.342 e. The zero-order chi connectivity index (χ0) is 10.6. The normalized spacial score (nSPS) is 10.8. The van der Waals surface area contributed by atoms with Crippen LogP contribution in [-0.4, -0.2) is 29.7 Å². The summed E-state index contributed by atoms with van der Waals surface area (Å²) in [6.07, 6.45) is 4.76. The van der Waals surface area contributed by atoms with Gasteiger partial charge in [0.15, 0.2) is 5.65 Å². The summed E-state index contributed by atoms with van der Waals surface area (Å²) in [6.45, 7) is 0. The number of aromatic nitrogens is 4. The highest BCUT2D eigenvalue weighted by atomic mass is 31.2. The lowest BCUT2D eigenvalue weighted by Gasteiger charge is -1.84. The van der Waals surface area contributed by atoms with Crippen molar-refractivity contribution in [2.24, 2.45) is 5.50 Å². The van der Waals surface area contributed by atoms with Gasteiger partial charge in [-0.25, -0.2) is 25.0 Å². The molecule has 9 heteroatoms. The highest BCUT2D eigenvalue weighted by Gasteiger charge is 1.96. The van der Waals surface area contributed by atoms with E-state index in [1.165, 1.54) is 6.33 Å². The van der Waals surface area contributed by atoms with Crippen LogP contribution in [-0.2, 0) is 4.57 Å². The van der Waals surface area contributed by atoms with Gasteiger partial charge in [0, 0.05) is 0 Å². The van der Waals surface area contributed by atoms with Gasteiger partial charge in [0.25, 0.3) is 0 Å². The SMILES string of the molecule is NP(=O)(O)O.c1ncc2[nH]cnc2n1. The maximum absolute atomic E-state index is 9.10. The fourth-order valence-electron chi connectivity index (χ4n) is 0.691. The molecule has 0 aromatic carbocycles. The first-order valence-corrected chi connectivity index (χ1v) is 5.08. The van der Waals surface area contributed by atoms with E-state index in [0.29, 0.717) is 5.65 Å². The minimum Gasteiger partial charge on any atom is -0.342 e. The van der Waals surface area contributed by atoms with Crippen LogP contribution in [0.25, 0.3) is 11.2 Å². The van der Waals surface area contributed by atoms with Crippen LogP contribution in [0.5, 0.6) is 0 Å². The first-order chi connectivity index (χ1) is 6.47. The molecular formula is C5H8N5O3P. The molecule has 8 nitrogen and oxygen atoms in total. The number of hydrogen-bond acceptors (Lipinski definition) is 4. The predicted molar refractivity (Wildman–Crippen MR) is 47.9 cm³/mol. The number of nitrogens with two attached hydrogens (primary N) is 1. The van der Waals surface area contributed by atoms with Gasteiger partial charge in [0.05, 0.1) is 12.5 Å². The van der Waals surface area contributed by atoms with Crippen molar-refractivity contribution in [3.8, 4) is 0 Å². The Bertz CT molecular complexity index is 413. The molecule has 2 heterocycles. The van der Waals surface area contributed by atoms with E-state index < -0.39 is 7.75 Å². The van der Waals surface area contributed by atoms with Crippen molar-refractivity contribution in [3.05, 3.63) is 18.9 Å². The van der Waals surface area contributed by atoms with Gasteiger partial charge in [-0.15, -0.1) is 0 Å². The average molecular weight is 217 g/mol. The van der Waals surface area contributed by atoms with Crippen LogP contribution in [0.3, 0.4) is 0 Å². The molecule has 0 spiro atoms. The topological polar surface area (TPSA) is 138 Å². The molecule has 76 valence electrons. The van der Waals surface area contributed by atoms with Crippen molar-refractivity contribution in [1.29, 1.82) is 0 Å². The van der Waals surface area contributed by atoms with E-state index in [9.17, 15) is 0 Å². The zero-order valence-corrected chi connectivity index (χ0v) is 7.80. The van der Waals surface area contributed by atoms with Crippen LogP contribution in [0, 0.1) is 0 Å². The number of H-pyrrole nitrogens is 1. The molecule has 0 fully saturated rings. The number of fused-ring (bicyclic) bond motifs is 1. The molecule has 0 aliphatic heterocycles. The maximum atomic E-state index is 9.10. The van der Waals surface area contributed by atoms with Gasteiger partial charge in [-0.1, -0.05) is 0 Å². The fraction of sp³-hybridized carbons (Fsp3) is 0. The second-order valence-electron chi connectivity index (χ2n) is 2.25. The molecular weight excluding hydrogens is 209 g/mol. The van der Waals surface area contributed by atoms with Gasteiger partial charge in [-0.2, -0.15) is 0 Å². The second-order valence-corrected chi connectivity index (χ2v) is 3.43. The Morgan fingerprint density at radius 3 is 2.64 bits per heavy atom. The molecule has 5 N–H and O–H groups in total.